The summed E-state index contributed by atoms with van der Waals surface area (Å²) in [4.78, 5) is 43.1. The van der Waals surface area contributed by atoms with Crippen LogP contribution in [-0.4, -0.2) is 118 Å². The molecule has 0 aliphatic rings. The summed E-state index contributed by atoms with van der Waals surface area (Å²) in [6.07, 6.45) is 0. The van der Waals surface area contributed by atoms with E-state index in [0.717, 1.165) is 0 Å². The Morgan fingerprint density at radius 2 is 0.667 bits per heavy atom. The Morgan fingerprint density at radius 1 is 0.667 bits per heavy atom. The average molecular weight is 278 g/mol. The molecule has 6 N–H and O–H groups in total. The third-order valence-corrected chi connectivity index (χ3v) is 0. The van der Waals surface area contributed by atoms with Crippen molar-refractivity contribution in [3.8, 4) is 0 Å². The van der Waals surface area contributed by atoms with E-state index in [9.17, 15) is 0 Å². The van der Waals surface area contributed by atoms with Crippen molar-refractivity contribution < 1.29 is 38.5 Å². The molecule has 8 nitrogen and oxygen atoms in total. The molecule has 0 radical (unpaired) electrons. The summed E-state index contributed by atoms with van der Waals surface area (Å²) in [7, 11) is -9.28. The number of phosphoric acid groups is 2. The quantitative estimate of drug-likeness (QED) is 0.197. The van der Waals surface area contributed by atoms with Gasteiger partial charge in [-0.05, 0) is 0 Å². The standard InChI is InChI=1S/Ca.K.2H3O4P.3H/c;;2*1-5(2,3)4;;;/h;;2*(H3,1,2,3,4);;;. The Kier molecular flexibility index (Phi) is 21.6. The molecule has 0 fully saturated rings. The summed E-state index contributed by atoms with van der Waals surface area (Å²) in [5.74, 6) is 0. The molecule has 0 rings (SSSR count). The van der Waals surface area contributed by atoms with Gasteiger partial charge in [-0.15, -0.1) is 0 Å². The molecule has 0 atom stereocenters. The Labute approximate surface area is 140 Å². The van der Waals surface area contributed by atoms with Gasteiger partial charge in [0, 0.05) is 0 Å². The Hall–Kier alpha value is 3.12. The van der Waals surface area contributed by atoms with E-state index in [1.807, 2.05) is 0 Å². The molecule has 0 saturated carbocycles. The minimum absolute atomic E-state index is 0. The zero-order valence-electron chi connectivity index (χ0n) is 4.39. The maximum absolute atomic E-state index is 8.88. The molecule has 0 aromatic carbocycles. The van der Waals surface area contributed by atoms with E-state index in [1.54, 1.807) is 0 Å². The van der Waals surface area contributed by atoms with Crippen LogP contribution >= 0.6 is 15.6 Å². The van der Waals surface area contributed by atoms with Crippen molar-refractivity contribution in [2.75, 3.05) is 0 Å². The zero-order valence-corrected chi connectivity index (χ0v) is 6.18. The molecule has 70 valence electrons. The summed E-state index contributed by atoms with van der Waals surface area (Å²) < 4.78 is 17.8. The molecular weight excluding hydrogens is 269 g/mol. The van der Waals surface area contributed by atoms with Crippen LogP contribution < -0.4 is 0 Å². The molecule has 0 bridgehead atoms. The molecule has 0 spiro atoms. The molecule has 12 heteroatoms. The van der Waals surface area contributed by atoms with Crippen molar-refractivity contribution in [2.24, 2.45) is 0 Å². The van der Waals surface area contributed by atoms with Gasteiger partial charge in [-0.1, -0.05) is 0 Å². The van der Waals surface area contributed by atoms with Crippen LogP contribution in [0.15, 0.2) is 0 Å². The van der Waals surface area contributed by atoms with Crippen LogP contribution in [0.5, 0.6) is 0 Å². The van der Waals surface area contributed by atoms with Gasteiger partial charge in [0.1, 0.15) is 0 Å². The second-order valence-corrected chi connectivity index (χ2v) is 3.08. The van der Waals surface area contributed by atoms with Crippen LogP contribution in [0.1, 0.15) is 0 Å². The third kappa shape index (κ3) is 198. The van der Waals surface area contributed by atoms with E-state index in [-0.39, 0.29) is 89.1 Å². The summed E-state index contributed by atoms with van der Waals surface area (Å²) in [5, 5.41) is 0. The number of rotatable bonds is 0. The van der Waals surface area contributed by atoms with Crippen molar-refractivity contribution in [3.05, 3.63) is 0 Å². The van der Waals surface area contributed by atoms with E-state index < -0.39 is 15.6 Å². The van der Waals surface area contributed by atoms with Gasteiger partial charge in [-0.25, -0.2) is 9.13 Å². The van der Waals surface area contributed by atoms with Gasteiger partial charge in [0.2, 0.25) is 0 Å². The summed E-state index contributed by atoms with van der Waals surface area (Å²) in [5.41, 5.74) is 0. The molecule has 0 unspecified atom stereocenters. The second-order valence-electron chi connectivity index (χ2n) is 1.03. The fraction of sp³-hybridized carbons (Fsp3) is 0. The summed E-state index contributed by atoms with van der Waals surface area (Å²) in [6.45, 7) is 0. The van der Waals surface area contributed by atoms with Crippen LogP contribution in [0.2, 0.25) is 0 Å². The number of hydrogen-bond donors (Lipinski definition) is 6. The minimum atomic E-state index is -4.64. The van der Waals surface area contributed by atoms with Gasteiger partial charge in [0.15, 0.2) is 0 Å². The monoisotopic (exact) mass is 278 g/mol. The predicted molar refractivity (Wildman–Crippen MR) is 44.2 cm³/mol. The molecule has 0 aromatic heterocycles. The van der Waals surface area contributed by atoms with Crippen molar-refractivity contribution in [1.29, 1.82) is 0 Å². The average Bonchev–Trinajstić information content (AvgIpc) is 1.12. The molecule has 0 aromatic rings. The topological polar surface area (TPSA) is 156 Å². The van der Waals surface area contributed by atoms with Gasteiger partial charge >= 0.3 is 105 Å². The van der Waals surface area contributed by atoms with Crippen LogP contribution in [-0.2, 0) is 9.13 Å². The predicted octanol–water partition coefficient (Wildman–Crippen LogP) is -3.42. The first-order valence-corrected chi connectivity index (χ1v) is 4.70. The SMILES string of the molecule is O=P(O)(O)O.O=P(O)(O)O.[CaH2].[KH]. The van der Waals surface area contributed by atoms with Crippen LogP contribution in [0, 0.1) is 0 Å². The molecule has 0 saturated heterocycles. The Bertz CT molecular complexity index is 129. The van der Waals surface area contributed by atoms with Crippen molar-refractivity contribution >= 4 is 105 Å². The van der Waals surface area contributed by atoms with Gasteiger partial charge < -0.3 is 29.4 Å². The van der Waals surface area contributed by atoms with Gasteiger partial charge in [0.05, 0.1) is 0 Å². The van der Waals surface area contributed by atoms with Crippen LogP contribution in [0.4, 0.5) is 0 Å². The second kappa shape index (κ2) is 10.6. The van der Waals surface area contributed by atoms with E-state index in [4.69, 9.17) is 38.5 Å². The van der Waals surface area contributed by atoms with E-state index in [0.29, 0.717) is 0 Å². The fourth-order valence-corrected chi connectivity index (χ4v) is 0. The molecule has 0 heterocycles. The van der Waals surface area contributed by atoms with E-state index in [1.165, 1.54) is 0 Å². The van der Waals surface area contributed by atoms with E-state index in [2.05, 4.69) is 0 Å². The van der Waals surface area contributed by atoms with E-state index >= 15 is 0 Å². The Balaban J connectivity index is -0.0000000457. The van der Waals surface area contributed by atoms with Crippen LogP contribution in [0.3, 0.4) is 0 Å². The van der Waals surface area contributed by atoms with Gasteiger partial charge in [-0.2, -0.15) is 0 Å². The maximum atomic E-state index is 8.88. The first-order valence-electron chi connectivity index (χ1n) is 1.57. The molecule has 0 aliphatic carbocycles. The summed E-state index contributed by atoms with van der Waals surface area (Å²) >= 11 is 0. The summed E-state index contributed by atoms with van der Waals surface area (Å²) in [6, 6.07) is 0. The first-order chi connectivity index (χ1) is 4.00. The van der Waals surface area contributed by atoms with Gasteiger partial charge in [0.25, 0.3) is 0 Å². The molecule has 12 heavy (non-hydrogen) atoms. The Morgan fingerprint density at radius 3 is 0.667 bits per heavy atom. The normalized spacial score (nSPS) is 9.83. The number of hydrogen-bond acceptors (Lipinski definition) is 2. The van der Waals surface area contributed by atoms with Crippen LogP contribution in [0.25, 0.3) is 0 Å². The first kappa shape index (κ1) is 24.4. The van der Waals surface area contributed by atoms with Gasteiger partial charge in [-0.3, -0.25) is 0 Å². The van der Waals surface area contributed by atoms with Crippen molar-refractivity contribution in [2.45, 2.75) is 0 Å². The molecule has 0 amide bonds. The fourth-order valence-electron chi connectivity index (χ4n) is 0. The zero-order chi connectivity index (χ0) is 9.00. The molecule has 0 aliphatic heterocycles. The van der Waals surface area contributed by atoms with Crippen molar-refractivity contribution in [3.63, 3.8) is 0 Å². The molecular formula is H9CaKO8P2. The van der Waals surface area contributed by atoms with Crippen molar-refractivity contribution in [1.82, 2.24) is 0 Å². The third-order valence-electron chi connectivity index (χ3n) is 0.